The van der Waals surface area contributed by atoms with Crippen molar-refractivity contribution in [3.8, 4) is 0 Å². The fourth-order valence-electron chi connectivity index (χ4n) is 2.31. The largest absolute Gasteiger partial charge is 0.344 e. The molecule has 0 spiro atoms. The SMILES string of the molecule is CC(C)C1NC(=O)CC(C)N(CCC(C)(C)C)C1=O. The Morgan fingerprint density at radius 1 is 1.32 bits per heavy atom. The lowest BCUT2D eigenvalue weighted by Gasteiger charge is -2.32. The molecule has 1 aliphatic rings. The zero-order valence-electron chi connectivity index (χ0n) is 13.1. The normalized spacial score (nSPS) is 25.5. The van der Waals surface area contributed by atoms with Crippen LogP contribution in [0.4, 0.5) is 0 Å². The highest BCUT2D eigenvalue weighted by molar-refractivity contribution is 5.90. The zero-order chi connectivity index (χ0) is 14.8. The summed E-state index contributed by atoms with van der Waals surface area (Å²) in [5, 5.41) is 2.86. The lowest BCUT2D eigenvalue weighted by Crippen LogP contribution is -2.49. The van der Waals surface area contributed by atoms with Gasteiger partial charge in [-0.3, -0.25) is 9.59 Å². The monoisotopic (exact) mass is 268 g/mol. The summed E-state index contributed by atoms with van der Waals surface area (Å²) >= 11 is 0. The second-order valence-corrected chi connectivity index (χ2v) is 7.18. The second kappa shape index (κ2) is 5.93. The van der Waals surface area contributed by atoms with E-state index < -0.39 is 0 Å². The van der Waals surface area contributed by atoms with Crippen molar-refractivity contribution < 1.29 is 9.59 Å². The van der Waals surface area contributed by atoms with Gasteiger partial charge in [-0.2, -0.15) is 0 Å². The van der Waals surface area contributed by atoms with Gasteiger partial charge in [0.1, 0.15) is 6.04 Å². The molecule has 0 aromatic rings. The fraction of sp³-hybridized carbons (Fsp3) is 0.867. The third kappa shape index (κ3) is 4.51. The molecular formula is C15H28N2O2. The van der Waals surface area contributed by atoms with E-state index in [0.29, 0.717) is 6.42 Å². The Balaban J connectivity index is 2.86. The number of nitrogens with zero attached hydrogens (tertiary/aromatic N) is 1. The van der Waals surface area contributed by atoms with Gasteiger partial charge in [0.2, 0.25) is 11.8 Å². The minimum atomic E-state index is -0.377. The maximum atomic E-state index is 12.6. The van der Waals surface area contributed by atoms with Crippen molar-refractivity contribution in [1.82, 2.24) is 10.2 Å². The first-order chi connectivity index (χ1) is 8.61. The van der Waals surface area contributed by atoms with E-state index >= 15 is 0 Å². The first kappa shape index (κ1) is 16.0. The summed E-state index contributed by atoms with van der Waals surface area (Å²) in [6, 6.07) is -0.393. The van der Waals surface area contributed by atoms with Crippen molar-refractivity contribution in [2.75, 3.05) is 6.54 Å². The van der Waals surface area contributed by atoms with Crippen LogP contribution in [0.15, 0.2) is 0 Å². The van der Waals surface area contributed by atoms with Crippen molar-refractivity contribution in [3.05, 3.63) is 0 Å². The molecule has 4 nitrogen and oxygen atoms in total. The Hall–Kier alpha value is -1.06. The molecule has 1 heterocycles. The molecule has 0 saturated carbocycles. The number of rotatable bonds is 3. The maximum absolute atomic E-state index is 12.6. The number of hydrogen-bond acceptors (Lipinski definition) is 2. The highest BCUT2D eigenvalue weighted by Crippen LogP contribution is 2.22. The van der Waals surface area contributed by atoms with Crippen molar-refractivity contribution in [2.24, 2.45) is 11.3 Å². The highest BCUT2D eigenvalue weighted by Gasteiger charge is 2.35. The van der Waals surface area contributed by atoms with E-state index in [0.717, 1.165) is 13.0 Å². The van der Waals surface area contributed by atoms with Gasteiger partial charge in [0.15, 0.2) is 0 Å². The van der Waals surface area contributed by atoms with Crippen molar-refractivity contribution >= 4 is 11.8 Å². The van der Waals surface area contributed by atoms with Crippen LogP contribution in [0.5, 0.6) is 0 Å². The minimum absolute atomic E-state index is 0.0152. The Labute approximate surface area is 116 Å². The van der Waals surface area contributed by atoms with E-state index in [9.17, 15) is 9.59 Å². The van der Waals surface area contributed by atoms with Crippen molar-refractivity contribution in [3.63, 3.8) is 0 Å². The van der Waals surface area contributed by atoms with Crippen LogP contribution in [0, 0.1) is 11.3 Å². The summed E-state index contributed by atoms with van der Waals surface area (Å²) in [4.78, 5) is 26.3. The molecule has 0 radical (unpaired) electrons. The van der Waals surface area contributed by atoms with E-state index in [4.69, 9.17) is 0 Å². The molecule has 0 aliphatic carbocycles. The Morgan fingerprint density at radius 3 is 2.37 bits per heavy atom. The number of amides is 2. The van der Waals surface area contributed by atoms with Gasteiger partial charge in [-0.05, 0) is 24.7 Å². The van der Waals surface area contributed by atoms with Crippen molar-refractivity contribution in [1.29, 1.82) is 0 Å². The molecule has 2 amide bonds. The second-order valence-electron chi connectivity index (χ2n) is 7.18. The Kier molecular flexibility index (Phi) is 4.99. The van der Waals surface area contributed by atoms with Gasteiger partial charge in [0.05, 0.1) is 0 Å². The van der Waals surface area contributed by atoms with Gasteiger partial charge in [-0.25, -0.2) is 0 Å². The van der Waals surface area contributed by atoms with E-state index in [1.54, 1.807) is 0 Å². The van der Waals surface area contributed by atoms with E-state index in [-0.39, 0.29) is 35.2 Å². The molecule has 110 valence electrons. The summed E-state index contributed by atoms with van der Waals surface area (Å²) in [7, 11) is 0. The summed E-state index contributed by atoms with van der Waals surface area (Å²) in [5.74, 6) is 0.175. The smallest absolute Gasteiger partial charge is 0.245 e. The summed E-state index contributed by atoms with van der Waals surface area (Å²) in [6.45, 7) is 13.1. The molecule has 1 fully saturated rings. The van der Waals surface area contributed by atoms with Crippen molar-refractivity contribution in [2.45, 2.75) is 66.5 Å². The number of carbonyl (C=O) groups is 2. The summed E-state index contributed by atoms with van der Waals surface area (Å²) < 4.78 is 0. The molecule has 0 aromatic carbocycles. The van der Waals surface area contributed by atoms with Gasteiger partial charge >= 0.3 is 0 Å². The molecule has 2 atom stereocenters. The van der Waals surface area contributed by atoms with E-state index in [2.05, 4.69) is 26.1 Å². The third-order valence-electron chi connectivity index (χ3n) is 3.65. The minimum Gasteiger partial charge on any atom is -0.344 e. The highest BCUT2D eigenvalue weighted by atomic mass is 16.2. The molecule has 4 heteroatoms. The molecule has 2 unspecified atom stereocenters. The van der Waals surface area contributed by atoms with Crippen LogP contribution in [0.2, 0.25) is 0 Å². The molecule has 0 bridgehead atoms. The van der Waals surface area contributed by atoms with E-state index in [1.165, 1.54) is 0 Å². The lowest BCUT2D eigenvalue weighted by atomic mass is 9.91. The Morgan fingerprint density at radius 2 is 1.89 bits per heavy atom. The third-order valence-corrected chi connectivity index (χ3v) is 3.65. The summed E-state index contributed by atoms with van der Waals surface area (Å²) in [6.07, 6.45) is 1.35. The first-order valence-corrected chi connectivity index (χ1v) is 7.21. The summed E-state index contributed by atoms with van der Waals surface area (Å²) in [5.41, 5.74) is 0.192. The van der Waals surface area contributed by atoms with Gasteiger partial charge in [0, 0.05) is 19.0 Å². The predicted octanol–water partition coefficient (Wildman–Crippen LogP) is 2.18. The standard InChI is InChI=1S/C15H28N2O2/c1-10(2)13-14(19)17(8-7-15(4,5)6)11(3)9-12(18)16-13/h10-11,13H,7-9H2,1-6H3,(H,16,18). The van der Waals surface area contributed by atoms with Crippen LogP contribution in [0.25, 0.3) is 0 Å². The molecule has 1 N–H and O–H groups in total. The molecule has 1 saturated heterocycles. The van der Waals surface area contributed by atoms with Gasteiger partial charge in [-0.1, -0.05) is 34.6 Å². The average molecular weight is 268 g/mol. The molecular weight excluding hydrogens is 240 g/mol. The molecule has 19 heavy (non-hydrogen) atoms. The van der Waals surface area contributed by atoms with Crippen LogP contribution in [0.3, 0.4) is 0 Å². The van der Waals surface area contributed by atoms with Gasteiger partial charge in [0.25, 0.3) is 0 Å². The average Bonchev–Trinajstić information content (AvgIpc) is 2.32. The maximum Gasteiger partial charge on any atom is 0.245 e. The number of carbonyl (C=O) groups excluding carboxylic acids is 2. The van der Waals surface area contributed by atoms with Crippen LogP contribution >= 0.6 is 0 Å². The van der Waals surface area contributed by atoms with Crippen LogP contribution in [0.1, 0.15) is 54.4 Å². The predicted molar refractivity (Wildman–Crippen MR) is 76.6 cm³/mol. The Bertz CT molecular complexity index is 345. The van der Waals surface area contributed by atoms with Gasteiger partial charge < -0.3 is 10.2 Å². The quantitative estimate of drug-likeness (QED) is 0.853. The topological polar surface area (TPSA) is 49.4 Å². The first-order valence-electron chi connectivity index (χ1n) is 7.21. The number of hydrogen-bond donors (Lipinski definition) is 1. The zero-order valence-corrected chi connectivity index (χ0v) is 13.1. The van der Waals surface area contributed by atoms with Crippen LogP contribution < -0.4 is 5.32 Å². The van der Waals surface area contributed by atoms with Crippen LogP contribution in [-0.4, -0.2) is 35.3 Å². The number of nitrogens with one attached hydrogen (secondary N) is 1. The molecule has 0 aromatic heterocycles. The molecule has 1 aliphatic heterocycles. The molecule has 1 rings (SSSR count). The van der Waals surface area contributed by atoms with Gasteiger partial charge in [-0.15, -0.1) is 0 Å². The lowest BCUT2D eigenvalue weighted by molar-refractivity contribution is -0.136. The van der Waals surface area contributed by atoms with E-state index in [1.807, 2.05) is 25.7 Å². The van der Waals surface area contributed by atoms with Crippen LogP contribution in [-0.2, 0) is 9.59 Å². The fourth-order valence-corrected chi connectivity index (χ4v) is 2.31.